The number of carbonyl (C=O) groups is 2. The van der Waals surface area contributed by atoms with Crippen molar-refractivity contribution in [2.24, 2.45) is 0 Å². The zero-order chi connectivity index (χ0) is 14.3. The maximum absolute atomic E-state index is 11.6. The molecule has 0 aliphatic heterocycles. The van der Waals surface area contributed by atoms with Crippen molar-refractivity contribution >= 4 is 11.9 Å². The van der Waals surface area contributed by atoms with Crippen molar-refractivity contribution in [1.82, 2.24) is 5.32 Å². The number of carboxylic acid groups (broad SMARTS) is 1. The molecule has 5 heteroatoms. The Hall–Kier alpha value is -2.04. The molecule has 104 valence electrons. The van der Waals surface area contributed by atoms with Gasteiger partial charge in [-0.3, -0.25) is 9.59 Å². The monoisotopic (exact) mass is 265 g/mol. The van der Waals surface area contributed by atoms with Gasteiger partial charge in [0.25, 0.3) is 0 Å². The van der Waals surface area contributed by atoms with E-state index < -0.39 is 5.97 Å². The van der Waals surface area contributed by atoms with Gasteiger partial charge >= 0.3 is 5.97 Å². The van der Waals surface area contributed by atoms with Crippen LogP contribution < -0.4 is 10.1 Å². The van der Waals surface area contributed by atoms with Crippen molar-refractivity contribution in [3.63, 3.8) is 0 Å². The molecule has 0 saturated heterocycles. The molecule has 0 bridgehead atoms. The van der Waals surface area contributed by atoms with Gasteiger partial charge in [0.05, 0.1) is 13.2 Å². The average molecular weight is 265 g/mol. The van der Waals surface area contributed by atoms with E-state index in [0.29, 0.717) is 6.42 Å². The van der Waals surface area contributed by atoms with E-state index >= 15 is 0 Å². The summed E-state index contributed by atoms with van der Waals surface area (Å²) in [5.74, 6) is -0.283. The molecule has 1 amide bonds. The topological polar surface area (TPSA) is 75.6 Å². The molecule has 5 nitrogen and oxygen atoms in total. The maximum Gasteiger partial charge on any atom is 0.303 e. The predicted octanol–water partition coefficient (Wildman–Crippen LogP) is 2.13. The second-order valence-electron chi connectivity index (χ2n) is 4.31. The Morgan fingerprint density at radius 2 is 2.11 bits per heavy atom. The SMILES string of the molecule is COc1cccc([C@@H](C)NC(=O)CCCC(=O)O)c1. The Bertz CT molecular complexity index is 445. The lowest BCUT2D eigenvalue weighted by Gasteiger charge is -2.15. The van der Waals surface area contributed by atoms with E-state index in [0.717, 1.165) is 11.3 Å². The Balaban J connectivity index is 2.46. The number of hydrogen-bond donors (Lipinski definition) is 2. The van der Waals surface area contributed by atoms with Gasteiger partial charge in [0.15, 0.2) is 0 Å². The van der Waals surface area contributed by atoms with Crippen LogP contribution in [-0.4, -0.2) is 24.1 Å². The van der Waals surface area contributed by atoms with E-state index in [1.165, 1.54) is 0 Å². The summed E-state index contributed by atoms with van der Waals surface area (Å²) in [4.78, 5) is 22.0. The van der Waals surface area contributed by atoms with Gasteiger partial charge in [-0.25, -0.2) is 0 Å². The molecule has 1 aromatic carbocycles. The number of carbonyl (C=O) groups excluding carboxylic acids is 1. The van der Waals surface area contributed by atoms with Crippen LogP contribution in [0.4, 0.5) is 0 Å². The standard InChI is InChI=1S/C14H19NO4/c1-10(11-5-3-6-12(9-11)19-2)15-13(16)7-4-8-14(17)18/h3,5-6,9-10H,4,7-8H2,1-2H3,(H,15,16)(H,17,18)/t10-/m1/s1. The van der Waals surface area contributed by atoms with E-state index in [9.17, 15) is 9.59 Å². The lowest BCUT2D eigenvalue weighted by molar-refractivity contribution is -0.137. The van der Waals surface area contributed by atoms with Crippen LogP contribution in [0.15, 0.2) is 24.3 Å². The van der Waals surface area contributed by atoms with Crippen molar-refractivity contribution in [3.05, 3.63) is 29.8 Å². The van der Waals surface area contributed by atoms with Crippen LogP contribution in [0.2, 0.25) is 0 Å². The van der Waals surface area contributed by atoms with Gasteiger partial charge in [-0.2, -0.15) is 0 Å². The second-order valence-corrected chi connectivity index (χ2v) is 4.31. The van der Waals surface area contributed by atoms with Crippen LogP contribution in [0, 0.1) is 0 Å². The molecule has 0 spiro atoms. The summed E-state index contributed by atoms with van der Waals surface area (Å²) >= 11 is 0. The zero-order valence-corrected chi connectivity index (χ0v) is 11.2. The van der Waals surface area contributed by atoms with Crippen molar-refractivity contribution in [2.75, 3.05) is 7.11 Å². The molecular weight excluding hydrogens is 246 g/mol. The van der Waals surface area contributed by atoms with Gasteiger partial charge in [-0.15, -0.1) is 0 Å². The number of carboxylic acids is 1. The molecule has 0 aliphatic rings. The molecule has 2 N–H and O–H groups in total. The highest BCUT2D eigenvalue weighted by atomic mass is 16.5. The first kappa shape index (κ1) is 15.0. The molecular formula is C14H19NO4. The van der Waals surface area contributed by atoms with Crippen LogP contribution in [-0.2, 0) is 9.59 Å². The highest BCUT2D eigenvalue weighted by molar-refractivity contribution is 5.77. The Morgan fingerprint density at radius 1 is 1.37 bits per heavy atom. The number of rotatable bonds is 7. The van der Waals surface area contributed by atoms with Gasteiger partial charge in [0.2, 0.25) is 5.91 Å². The van der Waals surface area contributed by atoms with Gasteiger partial charge in [-0.05, 0) is 31.0 Å². The van der Waals surface area contributed by atoms with Crippen LogP contribution in [0.25, 0.3) is 0 Å². The van der Waals surface area contributed by atoms with Gasteiger partial charge in [0.1, 0.15) is 5.75 Å². The van der Waals surface area contributed by atoms with Crippen molar-refractivity contribution < 1.29 is 19.4 Å². The molecule has 0 heterocycles. The first-order valence-corrected chi connectivity index (χ1v) is 6.18. The van der Waals surface area contributed by atoms with Crippen molar-refractivity contribution in [2.45, 2.75) is 32.2 Å². The summed E-state index contributed by atoms with van der Waals surface area (Å²) in [6, 6.07) is 7.34. The fourth-order valence-corrected chi connectivity index (χ4v) is 1.71. The lowest BCUT2D eigenvalue weighted by Crippen LogP contribution is -2.26. The lowest BCUT2D eigenvalue weighted by atomic mass is 10.1. The number of amides is 1. The molecule has 1 atom stereocenters. The van der Waals surface area contributed by atoms with Crippen LogP contribution in [0.3, 0.4) is 0 Å². The summed E-state index contributed by atoms with van der Waals surface area (Å²) in [6.45, 7) is 1.88. The number of hydrogen-bond acceptors (Lipinski definition) is 3. The number of benzene rings is 1. The molecule has 0 fully saturated rings. The normalized spacial score (nSPS) is 11.7. The number of methoxy groups -OCH3 is 1. The van der Waals surface area contributed by atoms with Crippen molar-refractivity contribution in [1.29, 1.82) is 0 Å². The fourth-order valence-electron chi connectivity index (χ4n) is 1.71. The van der Waals surface area contributed by atoms with E-state index in [1.807, 2.05) is 31.2 Å². The predicted molar refractivity (Wildman–Crippen MR) is 71.0 cm³/mol. The van der Waals surface area contributed by atoms with Crippen LogP contribution in [0.1, 0.15) is 37.8 Å². The van der Waals surface area contributed by atoms with E-state index in [-0.39, 0.29) is 24.8 Å². The minimum absolute atomic E-state index is 0.0148. The smallest absolute Gasteiger partial charge is 0.303 e. The molecule has 0 saturated carbocycles. The maximum atomic E-state index is 11.6. The fraction of sp³-hybridized carbons (Fsp3) is 0.429. The van der Waals surface area contributed by atoms with Gasteiger partial charge < -0.3 is 15.2 Å². The summed E-state index contributed by atoms with van der Waals surface area (Å²) in [6.07, 6.45) is 0.591. The number of ether oxygens (including phenoxy) is 1. The Morgan fingerprint density at radius 3 is 2.74 bits per heavy atom. The number of nitrogens with one attached hydrogen (secondary N) is 1. The largest absolute Gasteiger partial charge is 0.497 e. The molecule has 0 aliphatic carbocycles. The summed E-state index contributed by atoms with van der Waals surface area (Å²) < 4.78 is 5.12. The third kappa shape index (κ3) is 5.42. The van der Waals surface area contributed by atoms with Crippen molar-refractivity contribution in [3.8, 4) is 5.75 Å². The minimum Gasteiger partial charge on any atom is -0.497 e. The summed E-state index contributed by atoms with van der Waals surface area (Å²) in [7, 11) is 1.59. The molecule has 0 unspecified atom stereocenters. The molecule has 1 aromatic rings. The molecule has 0 aromatic heterocycles. The molecule has 1 rings (SSSR count). The van der Waals surface area contributed by atoms with Gasteiger partial charge in [0, 0.05) is 12.8 Å². The van der Waals surface area contributed by atoms with E-state index in [1.54, 1.807) is 7.11 Å². The summed E-state index contributed by atoms with van der Waals surface area (Å²) in [5, 5.41) is 11.3. The van der Waals surface area contributed by atoms with E-state index in [2.05, 4.69) is 5.32 Å². The summed E-state index contributed by atoms with van der Waals surface area (Å²) in [5.41, 5.74) is 0.950. The number of aliphatic carboxylic acids is 1. The third-order valence-electron chi connectivity index (χ3n) is 2.77. The second kappa shape index (κ2) is 7.41. The highest BCUT2D eigenvalue weighted by Gasteiger charge is 2.10. The Kier molecular flexibility index (Phi) is 5.85. The quantitative estimate of drug-likeness (QED) is 0.792. The Labute approximate surface area is 112 Å². The molecule has 0 radical (unpaired) electrons. The zero-order valence-electron chi connectivity index (χ0n) is 11.2. The highest BCUT2D eigenvalue weighted by Crippen LogP contribution is 2.18. The molecule has 19 heavy (non-hydrogen) atoms. The van der Waals surface area contributed by atoms with Crippen LogP contribution >= 0.6 is 0 Å². The van der Waals surface area contributed by atoms with Crippen LogP contribution in [0.5, 0.6) is 5.75 Å². The van der Waals surface area contributed by atoms with E-state index in [4.69, 9.17) is 9.84 Å². The average Bonchev–Trinajstić information content (AvgIpc) is 2.38. The minimum atomic E-state index is -0.881. The third-order valence-corrected chi connectivity index (χ3v) is 2.77. The first-order valence-electron chi connectivity index (χ1n) is 6.18. The first-order chi connectivity index (χ1) is 9.02. The van der Waals surface area contributed by atoms with Gasteiger partial charge in [-0.1, -0.05) is 12.1 Å².